The van der Waals surface area contributed by atoms with Gasteiger partial charge < -0.3 is 9.84 Å². The molecule has 0 spiro atoms. The van der Waals surface area contributed by atoms with E-state index in [9.17, 15) is 9.59 Å². The molecule has 4 nitrogen and oxygen atoms in total. The summed E-state index contributed by atoms with van der Waals surface area (Å²) in [5, 5.41) is 11.7. The van der Waals surface area contributed by atoms with Crippen LogP contribution in [0.25, 0.3) is 10.8 Å². The van der Waals surface area contributed by atoms with Gasteiger partial charge in [-0.25, -0.2) is 4.79 Å². The molecule has 7 heteroatoms. The lowest BCUT2D eigenvalue weighted by atomic mass is 9.78. The highest BCUT2D eigenvalue weighted by atomic mass is 79.9. The van der Waals surface area contributed by atoms with Crippen molar-refractivity contribution < 1.29 is 19.4 Å². The number of rotatable bonds is 14. The van der Waals surface area contributed by atoms with E-state index in [1.54, 1.807) is 0 Å². The van der Waals surface area contributed by atoms with Crippen LogP contribution in [0, 0.1) is 5.41 Å². The second-order valence-corrected chi connectivity index (χ2v) is 15.0. The van der Waals surface area contributed by atoms with Crippen molar-refractivity contribution in [1.82, 2.24) is 0 Å². The predicted octanol–water partition coefficient (Wildman–Crippen LogP) is 8.82. The summed E-state index contributed by atoms with van der Waals surface area (Å²) in [6.45, 7) is 4.02. The van der Waals surface area contributed by atoms with Gasteiger partial charge in [0.2, 0.25) is 0 Å². The van der Waals surface area contributed by atoms with Crippen LogP contribution in [0.4, 0.5) is 0 Å². The fraction of sp³-hybridized carbons (Fsp3) is 0.394. The number of ether oxygens (including phenoxy) is 1. The molecule has 0 amide bonds. The number of hydrogen-bond acceptors (Lipinski definition) is 5. The zero-order chi connectivity index (χ0) is 28.6. The zero-order valence-electron chi connectivity index (χ0n) is 23.1. The van der Waals surface area contributed by atoms with Gasteiger partial charge in [0.25, 0.3) is 0 Å². The molecule has 1 aliphatic carbocycles. The Hall–Kier alpha value is -2.06. The topological polar surface area (TPSA) is 63.6 Å². The molecule has 0 fully saturated rings. The van der Waals surface area contributed by atoms with Crippen LogP contribution >= 0.6 is 39.5 Å². The van der Waals surface area contributed by atoms with Gasteiger partial charge in [-0.1, -0.05) is 96.5 Å². The number of fused-ring (bicyclic) bond motifs is 1. The molecule has 0 saturated carbocycles. The lowest BCUT2D eigenvalue weighted by Gasteiger charge is -2.44. The molecule has 40 heavy (non-hydrogen) atoms. The van der Waals surface area contributed by atoms with E-state index < -0.39 is 5.97 Å². The maximum atomic E-state index is 12.7. The van der Waals surface area contributed by atoms with Crippen LogP contribution in [0.3, 0.4) is 0 Å². The number of aliphatic carboxylic acids is 1. The van der Waals surface area contributed by atoms with Crippen LogP contribution in [0.1, 0.15) is 55.5 Å². The smallest absolute Gasteiger partial charge is 0.329 e. The number of carboxylic acid groups (broad SMARTS) is 1. The van der Waals surface area contributed by atoms with Gasteiger partial charge in [0.1, 0.15) is 6.61 Å². The Bertz CT molecular complexity index is 1340. The Morgan fingerprint density at radius 3 is 2.38 bits per heavy atom. The monoisotopic (exact) mass is 640 g/mol. The lowest BCUT2D eigenvalue weighted by Crippen LogP contribution is -2.41. The van der Waals surface area contributed by atoms with E-state index in [1.807, 2.05) is 47.8 Å². The molecule has 1 aliphatic rings. The summed E-state index contributed by atoms with van der Waals surface area (Å²) < 4.78 is 6.56. The van der Waals surface area contributed by atoms with Crippen LogP contribution in [0.5, 0.6) is 0 Å². The van der Waals surface area contributed by atoms with Gasteiger partial charge in [0, 0.05) is 16.5 Å². The third-order valence-corrected chi connectivity index (χ3v) is 11.0. The minimum Gasteiger partial charge on any atom is -0.480 e. The highest BCUT2D eigenvalue weighted by Gasteiger charge is 2.43. The third kappa shape index (κ3) is 8.72. The first-order valence-electron chi connectivity index (χ1n) is 13.7. The molecular weight excluding hydrogens is 604 g/mol. The second-order valence-electron chi connectivity index (χ2n) is 11.0. The van der Waals surface area contributed by atoms with E-state index in [0.29, 0.717) is 6.42 Å². The molecule has 2 unspecified atom stereocenters. The Kier molecular flexibility index (Phi) is 11.0. The van der Waals surface area contributed by atoms with Crippen LogP contribution in [-0.2, 0) is 16.0 Å². The van der Waals surface area contributed by atoms with Crippen molar-refractivity contribution in [2.24, 2.45) is 5.41 Å². The summed E-state index contributed by atoms with van der Waals surface area (Å²) >= 11 is 7.30. The van der Waals surface area contributed by atoms with Crippen LogP contribution < -0.4 is 0 Å². The summed E-state index contributed by atoms with van der Waals surface area (Å²) in [7, 11) is 0. The fourth-order valence-electron chi connectivity index (χ4n) is 5.14. The molecule has 0 heterocycles. The van der Waals surface area contributed by atoms with E-state index in [1.165, 1.54) is 16.3 Å². The van der Waals surface area contributed by atoms with Crippen molar-refractivity contribution in [1.29, 1.82) is 0 Å². The molecule has 0 bridgehead atoms. The lowest BCUT2D eigenvalue weighted by molar-refractivity contribution is -0.145. The number of carbonyl (C=O) groups is 2. The molecule has 0 saturated heterocycles. The van der Waals surface area contributed by atoms with Gasteiger partial charge in [0.05, 0.1) is 10.2 Å². The molecule has 0 aliphatic heterocycles. The molecular formula is C33H37BrO4S2. The predicted molar refractivity (Wildman–Crippen MR) is 173 cm³/mol. The Labute approximate surface area is 254 Å². The maximum absolute atomic E-state index is 12.7. The summed E-state index contributed by atoms with van der Waals surface area (Å²) in [6.07, 6.45) is 8.34. The van der Waals surface area contributed by atoms with E-state index >= 15 is 0 Å². The van der Waals surface area contributed by atoms with Crippen molar-refractivity contribution in [2.75, 3.05) is 18.1 Å². The van der Waals surface area contributed by atoms with E-state index in [4.69, 9.17) is 9.84 Å². The van der Waals surface area contributed by atoms with Crippen molar-refractivity contribution in [3.05, 3.63) is 94.5 Å². The number of carboxylic acids is 1. The third-order valence-electron chi connectivity index (χ3n) is 7.21. The fourth-order valence-corrected chi connectivity index (χ4v) is 8.81. The Balaban J connectivity index is 1.37. The van der Waals surface area contributed by atoms with Crippen molar-refractivity contribution in [2.45, 2.75) is 56.1 Å². The number of ketones is 1. The standard InChI is InChI=1S/C33H37BrO4S2/c1-32(2)23-33(18-17-30(32)38-22-31(36)37,40-20-6-10-29(35)26-13-15-28(34)16-14-26)39-19-5-7-24-11-12-25-8-3-4-9-27(25)21-24/h3-4,8-9,11-18,21,30H,5-7,10,19-20,22-23H2,1-2H3,(H,36,37). The van der Waals surface area contributed by atoms with Gasteiger partial charge in [0.15, 0.2) is 5.78 Å². The number of carbonyl (C=O) groups excluding carboxylic acids is 1. The highest BCUT2D eigenvalue weighted by molar-refractivity contribution is 9.10. The van der Waals surface area contributed by atoms with Crippen molar-refractivity contribution in [3.63, 3.8) is 0 Å². The first-order valence-corrected chi connectivity index (χ1v) is 16.5. The van der Waals surface area contributed by atoms with Gasteiger partial charge >= 0.3 is 5.97 Å². The molecule has 2 atom stereocenters. The number of Topliss-reactive ketones (excluding diaryl/α,β-unsaturated/α-hetero) is 1. The van der Waals surface area contributed by atoms with Crippen LogP contribution in [0.2, 0.25) is 0 Å². The normalized spacial score (nSPS) is 20.0. The summed E-state index contributed by atoms with van der Waals surface area (Å²) in [5.41, 5.74) is 1.90. The molecule has 3 aromatic carbocycles. The van der Waals surface area contributed by atoms with Crippen LogP contribution in [-0.4, -0.2) is 45.2 Å². The summed E-state index contributed by atoms with van der Waals surface area (Å²) in [6, 6.07) is 22.7. The number of halogens is 1. The second kappa shape index (κ2) is 14.2. The van der Waals surface area contributed by atoms with Crippen molar-refractivity contribution in [3.8, 4) is 0 Å². The number of hydrogen-bond donors (Lipinski definition) is 1. The largest absolute Gasteiger partial charge is 0.480 e. The molecule has 0 radical (unpaired) electrons. The zero-order valence-corrected chi connectivity index (χ0v) is 26.3. The van der Waals surface area contributed by atoms with Gasteiger partial charge in [-0.15, -0.1) is 23.5 Å². The van der Waals surface area contributed by atoms with E-state index in [-0.39, 0.29) is 28.0 Å². The minimum absolute atomic E-state index is 0.142. The quantitative estimate of drug-likeness (QED) is 0.0822. The first kappa shape index (κ1) is 30.9. The molecule has 3 aromatic rings. The Morgan fingerprint density at radius 1 is 0.975 bits per heavy atom. The highest BCUT2D eigenvalue weighted by Crippen LogP contribution is 2.52. The molecule has 212 valence electrons. The van der Waals surface area contributed by atoms with Crippen molar-refractivity contribution >= 4 is 62.0 Å². The average molecular weight is 642 g/mol. The molecule has 4 rings (SSSR count). The van der Waals surface area contributed by atoms with E-state index in [2.05, 4.69) is 84.4 Å². The number of aryl methyl sites for hydroxylation is 1. The summed E-state index contributed by atoms with van der Waals surface area (Å²) in [5.74, 6) is 1.11. The molecule has 0 aromatic heterocycles. The molecule has 1 N–H and O–H groups in total. The van der Waals surface area contributed by atoms with Gasteiger partial charge in [-0.3, -0.25) is 4.79 Å². The first-order chi connectivity index (χ1) is 19.2. The number of benzene rings is 3. The minimum atomic E-state index is -0.950. The number of thioether (sulfide) groups is 2. The average Bonchev–Trinajstić information content (AvgIpc) is 2.93. The van der Waals surface area contributed by atoms with Gasteiger partial charge in [-0.05, 0) is 71.1 Å². The SMILES string of the molecule is CC1(C)CC(SCCCC(=O)c2ccc(Br)cc2)(SCCCc2ccc3ccccc3c2)C=CC1OCC(=O)O. The van der Waals surface area contributed by atoms with Crippen LogP contribution in [0.15, 0.2) is 83.4 Å². The maximum Gasteiger partial charge on any atom is 0.329 e. The Morgan fingerprint density at radius 2 is 1.68 bits per heavy atom. The van der Waals surface area contributed by atoms with E-state index in [0.717, 1.165) is 47.2 Å². The van der Waals surface area contributed by atoms with Gasteiger partial charge in [-0.2, -0.15) is 0 Å². The summed E-state index contributed by atoms with van der Waals surface area (Å²) in [4.78, 5) is 23.8.